The zero-order valence-electron chi connectivity index (χ0n) is 10.4. The van der Waals surface area contributed by atoms with Crippen molar-refractivity contribution in [1.29, 1.82) is 0 Å². The van der Waals surface area contributed by atoms with Crippen molar-refractivity contribution in [2.24, 2.45) is 0 Å². The van der Waals surface area contributed by atoms with E-state index in [9.17, 15) is 0 Å². The molecule has 4 heteroatoms. The van der Waals surface area contributed by atoms with Crippen LogP contribution >= 0.6 is 35.2 Å². The summed E-state index contributed by atoms with van der Waals surface area (Å²) in [6, 6.07) is 2.31. The van der Waals surface area contributed by atoms with E-state index >= 15 is 0 Å². The van der Waals surface area contributed by atoms with Crippen LogP contribution in [0.2, 0.25) is 0 Å². The Balaban J connectivity index is 2.20. The fraction of sp³-hybridized carbons (Fsp3) is 0.538. The predicted octanol–water partition coefficient (Wildman–Crippen LogP) is 2.60. The first-order valence-electron chi connectivity index (χ1n) is 6.00. The number of hydrogen-bond acceptors (Lipinski definition) is 3. The molecule has 0 spiro atoms. The van der Waals surface area contributed by atoms with Crippen LogP contribution in [0.5, 0.6) is 0 Å². The Kier molecular flexibility index (Phi) is 4.74. The Morgan fingerprint density at radius 2 is 1.94 bits per heavy atom. The van der Waals surface area contributed by atoms with E-state index in [1.807, 2.05) is 0 Å². The van der Waals surface area contributed by atoms with Gasteiger partial charge < -0.3 is 5.32 Å². The molecule has 17 heavy (non-hydrogen) atoms. The van der Waals surface area contributed by atoms with Gasteiger partial charge in [0.25, 0.3) is 0 Å². The number of rotatable bonds is 2. The molecule has 2 nitrogen and oxygen atoms in total. The molecule has 1 aliphatic heterocycles. The third-order valence-electron chi connectivity index (χ3n) is 3.45. The molecule has 1 saturated heterocycles. The summed E-state index contributed by atoms with van der Waals surface area (Å²) in [5.74, 6) is 0. The van der Waals surface area contributed by atoms with Crippen molar-refractivity contribution in [1.82, 2.24) is 10.2 Å². The molecule has 2 rings (SSSR count). The summed E-state index contributed by atoms with van der Waals surface area (Å²) in [7, 11) is 0. The zero-order valence-corrected chi connectivity index (χ0v) is 13.4. The number of nitrogens with one attached hydrogen (secondary N) is 1. The first-order valence-corrected chi connectivity index (χ1v) is 7.53. The second-order valence-corrected chi connectivity index (χ2v) is 6.25. The summed E-state index contributed by atoms with van der Waals surface area (Å²) in [4.78, 5) is 3.67. The van der Waals surface area contributed by atoms with Crippen LogP contribution in [0.4, 0.5) is 0 Å². The van der Waals surface area contributed by atoms with Crippen molar-refractivity contribution in [3.63, 3.8) is 0 Å². The zero-order chi connectivity index (χ0) is 12.4. The van der Waals surface area contributed by atoms with Gasteiger partial charge in [-0.25, -0.2) is 0 Å². The van der Waals surface area contributed by atoms with E-state index in [0.717, 1.165) is 37.6 Å². The van der Waals surface area contributed by atoms with Crippen LogP contribution in [-0.4, -0.2) is 31.1 Å². The quantitative estimate of drug-likeness (QED) is 0.621. The molecule has 1 aromatic rings. The van der Waals surface area contributed by atoms with Gasteiger partial charge in [-0.05, 0) is 59.2 Å². The molecule has 1 heterocycles. The van der Waals surface area contributed by atoms with Crippen molar-refractivity contribution in [3.8, 4) is 0 Å². The van der Waals surface area contributed by atoms with Crippen LogP contribution in [0, 0.1) is 17.4 Å². The third-order valence-corrected chi connectivity index (χ3v) is 5.25. The van der Waals surface area contributed by atoms with Gasteiger partial charge in [0.15, 0.2) is 0 Å². The molecule has 0 saturated carbocycles. The van der Waals surface area contributed by atoms with Gasteiger partial charge in [-0.2, -0.15) is 0 Å². The Hall–Kier alpha value is 0.220. The highest BCUT2D eigenvalue weighted by Crippen LogP contribution is 2.27. The molecule has 94 valence electrons. The van der Waals surface area contributed by atoms with Gasteiger partial charge in [0.1, 0.15) is 0 Å². The van der Waals surface area contributed by atoms with E-state index in [1.54, 1.807) is 0 Å². The molecule has 0 amide bonds. The predicted molar refractivity (Wildman–Crippen MR) is 84.0 cm³/mol. The smallest absolute Gasteiger partial charge is 0.0238 e. The lowest BCUT2D eigenvalue weighted by atomic mass is 10.0. The SMILES string of the molecule is Cc1c(I)cc(CN2CCNCC2)c(C)c1S. The summed E-state index contributed by atoms with van der Waals surface area (Å²) >= 11 is 7.04. The van der Waals surface area contributed by atoms with E-state index in [2.05, 4.69) is 65.4 Å². The Morgan fingerprint density at radius 3 is 2.59 bits per heavy atom. The second-order valence-electron chi connectivity index (χ2n) is 4.64. The van der Waals surface area contributed by atoms with Crippen LogP contribution in [0.3, 0.4) is 0 Å². The summed E-state index contributed by atoms with van der Waals surface area (Å²) in [5.41, 5.74) is 4.06. The minimum absolute atomic E-state index is 1.05. The molecule has 1 N–H and O–H groups in total. The lowest BCUT2D eigenvalue weighted by molar-refractivity contribution is 0.232. The average Bonchev–Trinajstić information content (AvgIpc) is 2.35. The number of halogens is 1. The first kappa shape index (κ1) is 13.6. The standard InChI is InChI=1S/C13H19IN2S/c1-9-11(7-12(14)10(2)13(9)17)8-16-5-3-15-4-6-16/h7,15,17H,3-6,8H2,1-2H3. The fourth-order valence-electron chi connectivity index (χ4n) is 2.19. The number of thiol groups is 1. The van der Waals surface area contributed by atoms with Crippen molar-refractivity contribution >= 4 is 35.2 Å². The lowest BCUT2D eigenvalue weighted by Gasteiger charge is -2.28. The van der Waals surface area contributed by atoms with Gasteiger partial charge in [0, 0.05) is 41.2 Å². The molecule has 1 aromatic carbocycles. The maximum Gasteiger partial charge on any atom is 0.0238 e. The Morgan fingerprint density at radius 1 is 1.29 bits per heavy atom. The topological polar surface area (TPSA) is 15.3 Å². The van der Waals surface area contributed by atoms with Crippen molar-refractivity contribution in [2.75, 3.05) is 26.2 Å². The van der Waals surface area contributed by atoms with E-state index in [1.165, 1.54) is 20.3 Å². The molecule has 1 fully saturated rings. The van der Waals surface area contributed by atoms with Crippen LogP contribution in [0.1, 0.15) is 16.7 Å². The molecule has 0 aromatic heterocycles. The van der Waals surface area contributed by atoms with E-state index in [0.29, 0.717) is 0 Å². The lowest BCUT2D eigenvalue weighted by Crippen LogP contribution is -2.43. The summed E-state index contributed by atoms with van der Waals surface area (Å²) < 4.78 is 1.32. The minimum Gasteiger partial charge on any atom is -0.314 e. The second kappa shape index (κ2) is 5.91. The van der Waals surface area contributed by atoms with Crippen molar-refractivity contribution in [2.45, 2.75) is 25.3 Å². The molecule has 0 radical (unpaired) electrons. The normalized spacial score (nSPS) is 17.4. The van der Waals surface area contributed by atoms with E-state index in [4.69, 9.17) is 0 Å². The largest absolute Gasteiger partial charge is 0.314 e. The molecule has 0 aliphatic carbocycles. The van der Waals surface area contributed by atoms with Crippen molar-refractivity contribution in [3.05, 3.63) is 26.3 Å². The molecule has 1 aliphatic rings. The van der Waals surface area contributed by atoms with Gasteiger partial charge >= 0.3 is 0 Å². The Bertz CT molecular complexity index is 414. The number of nitrogens with zero attached hydrogens (tertiary/aromatic N) is 1. The van der Waals surface area contributed by atoms with Gasteiger partial charge in [-0.3, -0.25) is 4.90 Å². The van der Waals surface area contributed by atoms with Crippen LogP contribution in [0.15, 0.2) is 11.0 Å². The highest BCUT2D eigenvalue weighted by atomic mass is 127. The number of piperazine rings is 1. The first-order chi connectivity index (χ1) is 8.09. The fourth-order valence-corrected chi connectivity index (χ4v) is 3.31. The summed E-state index contributed by atoms with van der Waals surface area (Å²) in [6.07, 6.45) is 0. The molecule has 0 bridgehead atoms. The monoisotopic (exact) mass is 362 g/mol. The van der Waals surface area contributed by atoms with Gasteiger partial charge in [-0.1, -0.05) is 0 Å². The molecule has 0 atom stereocenters. The highest BCUT2D eigenvalue weighted by molar-refractivity contribution is 14.1. The maximum absolute atomic E-state index is 4.63. The van der Waals surface area contributed by atoms with Gasteiger partial charge in [0.05, 0.1) is 0 Å². The maximum atomic E-state index is 4.63. The summed E-state index contributed by atoms with van der Waals surface area (Å²) in [5, 5.41) is 3.39. The number of hydrogen-bond donors (Lipinski definition) is 2. The van der Waals surface area contributed by atoms with E-state index < -0.39 is 0 Å². The average molecular weight is 362 g/mol. The molecular formula is C13H19IN2S. The highest BCUT2D eigenvalue weighted by Gasteiger charge is 2.14. The Labute approximate surface area is 123 Å². The van der Waals surface area contributed by atoms with Crippen LogP contribution in [-0.2, 0) is 6.54 Å². The number of benzene rings is 1. The van der Waals surface area contributed by atoms with Crippen LogP contribution in [0.25, 0.3) is 0 Å². The minimum atomic E-state index is 1.05. The van der Waals surface area contributed by atoms with Crippen LogP contribution < -0.4 is 5.32 Å². The summed E-state index contributed by atoms with van der Waals surface area (Å²) in [6.45, 7) is 9.88. The van der Waals surface area contributed by atoms with Gasteiger partial charge in [-0.15, -0.1) is 12.6 Å². The van der Waals surface area contributed by atoms with Crippen molar-refractivity contribution < 1.29 is 0 Å². The van der Waals surface area contributed by atoms with E-state index in [-0.39, 0.29) is 0 Å². The molecular weight excluding hydrogens is 343 g/mol. The molecule has 0 unspecified atom stereocenters. The third kappa shape index (κ3) is 3.16. The van der Waals surface area contributed by atoms with Gasteiger partial charge in [0.2, 0.25) is 0 Å².